The zero-order chi connectivity index (χ0) is 55.6. The van der Waals surface area contributed by atoms with Crippen LogP contribution in [0.1, 0.15) is 18.6 Å². The summed E-state index contributed by atoms with van der Waals surface area (Å²) >= 11 is 10.6. The molecule has 14 rings (SSSR count). The highest BCUT2D eigenvalue weighted by atomic mass is 79.9. The third kappa shape index (κ3) is 11.9. The molecule has 19 heteroatoms. The number of allylic oxidation sites excluding steroid dienone is 6. The second-order valence-electron chi connectivity index (χ2n) is 19.7. The fourth-order valence-electron chi connectivity index (χ4n) is 11.0. The summed E-state index contributed by atoms with van der Waals surface area (Å²) in [6, 6.07) is 67.6. The lowest BCUT2D eigenvalue weighted by Crippen LogP contribution is -2.69. The number of thiophene rings is 2. The van der Waals surface area contributed by atoms with Gasteiger partial charge in [0.25, 0.3) is 0 Å². The van der Waals surface area contributed by atoms with Gasteiger partial charge in [-0.1, -0.05) is 173 Å². The number of hydrogen-bond acceptors (Lipinski definition) is 2. The Hall–Kier alpha value is -5.92. The number of rotatable bonds is 8. The van der Waals surface area contributed by atoms with E-state index < -0.39 is 25.5 Å². The van der Waals surface area contributed by atoms with Crippen LogP contribution in [-0.4, -0.2) is 97.7 Å². The molecular formula is C62H41B13Br2FNS2+. The molecule has 15 radical (unpaired) electrons. The van der Waals surface area contributed by atoms with Crippen LogP contribution < -0.4 is 0 Å². The van der Waals surface area contributed by atoms with Gasteiger partial charge in [0.1, 0.15) is 18.0 Å². The molecule has 0 spiro atoms. The second-order valence-corrected chi connectivity index (χ2v) is 23.7. The predicted octanol–water partition coefficient (Wildman–Crippen LogP) is 14.8. The van der Waals surface area contributed by atoms with Crippen LogP contribution in [0.25, 0.3) is 95.7 Å². The van der Waals surface area contributed by atoms with Gasteiger partial charge < -0.3 is 4.57 Å². The molecule has 0 bridgehead atoms. The Morgan fingerprint density at radius 3 is 1.67 bits per heavy atom. The van der Waals surface area contributed by atoms with Crippen molar-refractivity contribution >= 4 is 215 Å². The van der Waals surface area contributed by atoms with Gasteiger partial charge in [0, 0.05) is 162 Å². The summed E-state index contributed by atoms with van der Waals surface area (Å²) < 4.78 is 23.3. The Bertz CT molecular complexity index is 4330. The van der Waals surface area contributed by atoms with Crippen molar-refractivity contribution in [3.05, 3.63) is 250 Å². The topological polar surface area (TPSA) is 4.93 Å². The largest absolute Gasteiger partial charge is 0.308 e. The smallest absolute Gasteiger partial charge is 0.141 e. The molecular weight excluding hydrogens is 1140 g/mol. The van der Waals surface area contributed by atoms with Gasteiger partial charge in [0.15, 0.2) is 0 Å². The Labute approximate surface area is 511 Å². The number of para-hydroxylation sites is 1. The highest BCUT2D eigenvalue weighted by Crippen LogP contribution is 2.46. The van der Waals surface area contributed by atoms with Crippen LogP contribution in [0, 0.1) is 11.9 Å². The minimum Gasteiger partial charge on any atom is -0.308 e. The van der Waals surface area contributed by atoms with Crippen LogP contribution in [-0.2, 0) is 6.42 Å². The minimum atomic E-state index is -0.695. The van der Waals surface area contributed by atoms with E-state index >= 15 is 0 Å². The van der Waals surface area contributed by atoms with Crippen molar-refractivity contribution in [2.24, 2.45) is 0 Å². The molecule has 0 saturated heterocycles. The van der Waals surface area contributed by atoms with E-state index in [1.54, 1.807) is 6.07 Å². The van der Waals surface area contributed by atoms with Gasteiger partial charge in [-0.3, -0.25) is 0 Å². The lowest BCUT2D eigenvalue weighted by Gasteiger charge is -2.31. The monoisotopic (exact) mass is 1180 g/mol. The molecule has 2 aliphatic carbocycles. The SMILES string of the molecule is Brc1ccc2c(c1)C1=C(C=[C+]C=C1)C2.Brc1ccc2c(c1)c1ccccc1n2-c1ccc(-c2ccccc2)c2c1sc1ccccc12.C.Fc1ccc(-c2ccccc2)c2c1sc1ccccc12.[B][B]B(B([B])[B])B(B([B])[B])B([B])[B]. The maximum Gasteiger partial charge on any atom is 0.141 e. The van der Waals surface area contributed by atoms with E-state index in [1.165, 1.54) is 99.5 Å². The van der Waals surface area contributed by atoms with Crippen molar-refractivity contribution in [3.8, 4) is 27.9 Å². The maximum atomic E-state index is 14.1. The molecule has 0 amide bonds. The normalized spacial score (nSPS) is 11.8. The van der Waals surface area contributed by atoms with Crippen molar-refractivity contribution in [1.82, 2.24) is 4.57 Å². The van der Waals surface area contributed by atoms with Gasteiger partial charge in [-0.2, -0.15) is 0 Å². The molecule has 3 heterocycles. The van der Waals surface area contributed by atoms with Crippen LogP contribution in [0.3, 0.4) is 0 Å². The standard InChI is InChI=1S/C30H18BrNS.C18H11FS.C13H8Br.CH4.B13/c31-20-14-16-26-24(18-20)22-10-4-6-12-25(22)32(26)27-17-15-21(19-8-2-1-3-9-19)29-23-11-5-7-13-28(23)33-30(27)29;19-15-11-10-13(12-6-2-1-3-7-12)17-14-8-4-5-9-16(14)20-18(15)17;14-11-6-5-10-7-9-3-1-2-4-12(9)13(10)8-11;;1-8-12(9(2)3)13(10(4)5)11(6)7/h1-18H;1-11H;2-6,8H,7H2;1H4;/q;;+1;;. The molecule has 0 fully saturated rings. The van der Waals surface area contributed by atoms with E-state index in [0.717, 1.165) is 46.7 Å². The Morgan fingerprint density at radius 1 is 0.531 bits per heavy atom. The quantitative estimate of drug-likeness (QED) is 0.106. The third-order valence-corrected chi connectivity index (χ3v) is 18.1. The molecule has 0 atom stereocenters. The van der Waals surface area contributed by atoms with Crippen LogP contribution in [0.2, 0.25) is 0 Å². The van der Waals surface area contributed by atoms with E-state index in [4.69, 9.17) is 54.2 Å². The molecule has 1 nitrogen and oxygen atoms in total. The average molecular weight is 1180 g/mol. The van der Waals surface area contributed by atoms with E-state index in [9.17, 15) is 4.39 Å². The summed E-state index contributed by atoms with van der Waals surface area (Å²) in [7, 11) is 39.5. The van der Waals surface area contributed by atoms with Crippen LogP contribution in [0.4, 0.5) is 4.39 Å². The zero-order valence-electron chi connectivity index (χ0n) is 43.3. The third-order valence-electron chi connectivity index (χ3n) is 14.7. The summed E-state index contributed by atoms with van der Waals surface area (Å²) in [5, 5.41) is 7.35. The maximum absolute atomic E-state index is 14.1. The first kappa shape index (κ1) is 58.3. The van der Waals surface area contributed by atoms with Crippen LogP contribution in [0.5, 0.6) is 0 Å². The highest BCUT2D eigenvalue weighted by molar-refractivity contribution is 9.10. The lowest BCUT2D eigenvalue weighted by molar-refractivity contribution is 0.642. The van der Waals surface area contributed by atoms with E-state index in [-0.39, 0.29) is 19.6 Å². The van der Waals surface area contributed by atoms with E-state index in [2.05, 4.69) is 200 Å². The van der Waals surface area contributed by atoms with Gasteiger partial charge in [0.2, 0.25) is 0 Å². The number of hydrogen-bond donors (Lipinski definition) is 0. The molecule has 365 valence electrons. The van der Waals surface area contributed by atoms with Crippen molar-refractivity contribution in [2.75, 3.05) is 0 Å². The molecule has 2 aliphatic rings. The van der Waals surface area contributed by atoms with Gasteiger partial charge >= 0.3 is 0 Å². The highest BCUT2D eigenvalue weighted by Gasteiger charge is 2.32. The molecule has 0 N–H and O–H groups in total. The molecule has 3 aromatic heterocycles. The molecule has 12 aromatic rings. The van der Waals surface area contributed by atoms with Crippen LogP contribution in [0.15, 0.2) is 227 Å². The van der Waals surface area contributed by atoms with Gasteiger partial charge in [-0.25, -0.2) is 4.39 Å². The molecule has 0 unspecified atom stereocenters. The van der Waals surface area contributed by atoms with Crippen molar-refractivity contribution in [3.63, 3.8) is 0 Å². The van der Waals surface area contributed by atoms with Crippen molar-refractivity contribution in [2.45, 2.75) is 13.8 Å². The fraction of sp³-hybridized carbons (Fsp3) is 0.0323. The van der Waals surface area contributed by atoms with E-state index in [1.807, 2.05) is 59.9 Å². The molecule has 0 saturated carbocycles. The minimum absolute atomic E-state index is 0. The molecule has 0 aliphatic heterocycles. The Morgan fingerprint density at radius 2 is 1.06 bits per heavy atom. The van der Waals surface area contributed by atoms with Crippen LogP contribution >= 0.6 is 54.5 Å². The fourth-order valence-corrected chi connectivity index (χ4v) is 14.1. The van der Waals surface area contributed by atoms with Gasteiger partial charge in [-0.15, -0.1) is 22.7 Å². The number of halogens is 3. The number of nitrogens with zero attached hydrogens (tertiary/aromatic N) is 1. The van der Waals surface area contributed by atoms with Gasteiger partial charge in [0.05, 0.1) is 43.3 Å². The van der Waals surface area contributed by atoms with Crippen molar-refractivity contribution < 1.29 is 4.39 Å². The predicted molar refractivity (Wildman–Crippen MR) is 375 cm³/mol. The lowest BCUT2D eigenvalue weighted by atomic mass is 8.50. The van der Waals surface area contributed by atoms with E-state index in [0.29, 0.717) is 0 Å². The first-order chi connectivity index (χ1) is 38.9. The van der Waals surface area contributed by atoms with Crippen molar-refractivity contribution in [1.29, 1.82) is 0 Å². The summed E-state index contributed by atoms with van der Waals surface area (Å²) in [6.45, 7) is 0. The van der Waals surface area contributed by atoms with Gasteiger partial charge in [-0.05, 0) is 88.5 Å². The summed E-state index contributed by atoms with van der Waals surface area (Å²) in [5.41, 5.74) is 14.0. The number of fused-ring (bicyclic) bond motifs is 11. The number of aromatic nitrogens is 1. The Kier molecular flexibility index (Phi) is 18.5. The zero-order valence-corrected chi connectivity index (χ0v) is 48.1. The summed E-state index contributed by atoms with van der Waals surface area (Å²) in [5.74, 6) is -0.138. The molecule has 9 aromatic carbocycles. The number of benzene rings is 9. The second kappa shape index (κ2) is 25.7. The summed E-state index contributed by atoms with van der Waals surface area (Å²) in [4.78, 5) is 0. The first-order valence-electron chi connectivity index (χ1n) is 26.1. The Balaban J connectivity index is 0.000000131. The summed E-state index contributed by atoms with van der Waals surface area (Å²) in [6.07, 6.45) is 7.52. The average Bonchev–Trinajstić information content (AvgIpc) is 4.32. The molecule has 81 heavy (non-hydrogen) atoms. The first-order valence-corrected chi connectivity index (χ1v) is 29.3.